The molecule has 0 unspecified atom stereocenters. The van der Waals surface area contributed by atoms with Crippen LogP contribution in [0.15, 0.2) is 18.2 Å². The number of benzene rings is 1. The molecule has 2 atom stereocenters. The summed E-state index contributed by atoms with van der Waals surface area (Å²) in [4.78, 5) is 10.1. The highest BCUT2D eigenvalue weighted by molar-refractivity contribution is 5.48. The molecule has 0 saturated heterocycles. The van der Waals surface area contributed by atoms with Crippen molar-refractivity contribution in [2.75, 3.05) is 0 Å². The molecule has 0 spiro atoms. The van der Waals surface area contributed by atoms with Gasteiger partial charge in [-0.2, -0.15) is 0 Å². The van der Waals surface area contributed by atoms with Crippen molar-refractivity contribution >= 4 is 5.69 Å². The first-order valence-corrected chi connectivity index (χ1v) is 4.83. The number of nitro groups is 1. The van der Waals surface area contributed by atoms with Crippen molar-refractivity contribution in [2.45, 2.75) is 26.4 Å². The lowest BCUT2D eigenvalue weighted by molar-refractivity contribution is -0.385. The van der Waals surface area contributed by atoms with Crippen LogP contribution in [0.25, 0.3) is 0 Å². The van der Waals surface area contributed by atoms with Crippen LogP contribution < -0.4 is 9.47 Å². The topological polar surface area (TPSA) is 70.8 Å². The fourth-order valence-electron chi connectivity index (χ4n) is 1.48. The first kappa shape index (κ1) is 10.7. The minimum atomic E-state index is -0.502. The summed E-state index contributed by atoms with van der Waals surface area (Å²) in [5, 5.41) is 10.6. The van der Waals surface area contributed by atoms with Gasteiger partial charge < -0.3 is 14.2 Å². The Bertz CT molecular complexity index is 420. The summed E-state index contributed by atoms with van der Waals surface area (Å²) < 4.78 is 16.0. The molecule has 1 aliphatic heterocycles. The van der Waals surface area contributed by atoms with Gasteiger partial charge in [0.05, 0.1) is 11.0 Å². The number of ether oxygens (including phenoxy) is 3. The average Bonchev–Trinajstić information content (AvgIpc) is 2.32. The van der Waals surface area contributed by atoms with Gasteiger partial charge in [-0.3, -0.25) is 10.1 Å². The largest absolute Gasteiger partial charge is 0.461 e. The minimum absolute atomic E-state index is 0.0379. The summed E-state index contributed by atoms with van der Waals surface area (Å²) in [5.74, 6) is 0.772. The molecule has 0 radical (unpaired) electrons. The molecular weight excluding hydrogens is 214 g/mol. The molecule has 2 rings (SSSR count). The fraction of sp³-hybridized carbons (Fsp3) is 0.400. The van der Waals surface area contributed by atoms with E-state index in [4.69, 9.17) is 14.2 Å². The lowest BCUT2D eigenvalue weighted by atomic mass is 10.3. The number of fused-ring (bicyclic) bond motifs is 1. The molecule has 6 heteroatoms. The molecular formula is C10H11NO5. The molecule has 16 heavy (non-hydrogen) atoms. The molecule has 0 bridgehead atoms. The van der Waals surface area contributed by atoms with Crippen molar-refractivity contribution in [1.82, 2.24) is 0 Å². The van der Waals surface area contributed by atoms with Gasteiger partial charge in [0.1, 0.15) is 0 Å². The minimum Gasteiger partial charge on any atom is -0.461 e. The number of rotatable bonds is 1. The van der Waals surface area contributed by atoms with Gasteiger partial charge in [-0.25, -0.2) is 0 Å². The van der Waals surface area contributed by atoms with Crippen LogP contribution in [-0.2, 0) is 4.74 Å². The van der Waals surface area contributed by atoms with Gasteiger partial charge in [-0.15, -0.1) is 0 Å². The van der Waals surface area contributed by atoms with E-state index >= 15 is 0 Å². The predicted octanol–water partition coefficient (Wildman–Crippen LogP) is 2.07. The van der Waals surface area contributed by atoms with Crippen LogP contribution in [-0.4, -0.2) is 17.5 Å². The Balaban J connectivity index is 2.38. The van der Waals surface area contributed by atoms with E-state index in [2.05, 4.69) is 0 Å². The first-order valence-electron chi connectivity index (χ1n) is 4.83. The second-order valence-electron chi connectivity index (χ2n) is 3.40. The fourth-order valence-corrected chi connectivity index (χ4v) is 1.48. The second-order valence-corrected chi connectivity index (χ2v) is 3.40. The monoisotopic (exact) mass is 225 g/mol. The van der Waals surface area contributed by atoms with Crippen LogP contribution in [0.3, 0.4) is 0 Å². The van der Waals surface area contributed by atoms with E-state index in [0.717, 1.165) is 0 Å². The van der Waals surface area contributed by atoms with Crippen LogP contribution in [0, 0.1) is 10.1 Å². The summed E-state index contributed by atoms with van der Waals surface area (Å²) in [6, 6.07) is 4.20. The van der Waals surface area contributed by atoms with Crippen LogP contribution in [0.1, 0.15) is 13.8 Å². The van der Waals surface area contributed by atoms with E-state index in [9.17, 15) is 10.1 Å². The van der Waals surface area contributed by atoms with E-state index in [1.165, 1.54) is 18.2 Å². The Morgan fingerprint density at radius 2 is 1.81 bits per heavy atom. The molecule has 6 nitrogen and oxygen atoms in total. The molecule has 0 fully saturated rings. The van der Waals surface area contributed by atoms with Gasteiger partial charge in [0.25, 0.3) is 5.69 Å². The third-order valence-corrected chi connectivity index (χ3v) is 2.11. The van der Waals surface area contributed by atoms with Crippen molar-refractivity contribution < 1.29 is 19.1 Å². The summed E-state index contributed by atoms with van der Waals surface area (Å²) in [6.45, 7) is 3.43. The molecule has 0 saturated carbocycles. The molecule has 0 aliphatic carbocycles. The molecule has 0 aromatic heterocycles. The molecule has 0 amide bonds. The Morgan fingerprint density at radius 1 is 1.19 bits per heavy atom. The second kappa shape index (κ2) is 3.97. The van der Waals surface area contributed by atoms with Gasteiger partial charge in [0.15, 0.2) is 11.5 Å². The number of hydrogen-bond acceptors (Lipinski definition) is 5. The number of non-ortho nitro benzene ring substituents is 1. The van der Waals surface area contributed by atoms with Gasteiger partial charge in [0.2, 0.25) is 12.6 Å². The zero-order chi connectivity index (χ0) is 11.7. The molecule has 1 aromatic carbocycles. The molecule has 1 aliphatic rings. The Hall–Kier alpha value is -1.82. The maximum Gasteiger partial charge on any atom is 0.273 e. The Kier molecular flexibility index (Phi) is 2.66. The van der Waals surface area contributed by atoms with Crippen molar-refractivity contribution in [2.24, 2.45) is 0 Å². The summed E-state index contributed by atoms with van der Waals surface area (Å²) in [5.41, 5.74) is -0.0379. The Labute approximate surface area is 91.9 Å². The van der Waals surface area contributed by atoms with Gasteiger partial charge >= 0.3 is 0 Å². The normalized spacial score (nSPS) is 23.6. The predicted molar refractivity (Wildman–Crippen MR) is 54.4 cm³/mol. The zero-order valence-corrected chi connectivity index (χ0v) is 8.88. The maximum absolute atomic E-state index is 10.6. The Morgan fingerprint density at radius 3 is 2.44 bits per heavy atom. The molecule has 1 heterocycles. The quantitative estimate of drug-likeness (QED) is 0.540. The number of nitrogens with zero attached hydrogens (tertiary/aromatic N) is 1. The smallest absolute Gasteiger partial charge is 0.273 e. The van der Waals surface area contributed by atoms with E-state index < -0.39 is 17.5 Å². The van der Waals surface area contributed by atoms with Crippen LogP contribution in [0.4, 0.5) is 5.69 Å². The van der Waals surface area contributed by atoms with E-state index in [0.29, 0.717) is 11.5 Å². The molecule has 86 valence electrons. The lowest BCUT2D eigenvalue weighted by Gasteiger charge is -2.13. The molecule has 1 aromatic rings. The van der Waals surface area contributed by atoms with Crippen LogP contribution >= 0.6 is 0 Å². The highest BCUT2D eigenvalue weighted by Crippen LogP contribution is 2.35. The van der Waals surface area contributed by atoms with Crippen LogP contribution in [0.2, 0.25) is 0 Å². The van der Waals surface area contributed by atoms with Crippen molar-refractivity contribution in [3.63, 3.8) is 0 Å². The van der Waals surface area contributed by atoms with E-state index in [1.54, 1.807) is 13.8 Å². The van der Waals surface area contributed by atoms with E-state index in [1.807, 2.05) is 0 Å². The number of hydrogen-bond donors (Lipinski definition) is 0. The highest BCUT2D eigenvalue weighted by Gasteiger charge is 2.22. The maximum atomic E-state index is 10.6. The van der Waals surface area contributed by atoms with Crippen molar-refractivity contribution in [3.05, 3.63) is 28.3 Å². The highest BCUT2D eigenvalue weighted by atomic mass is 16.8. The molecule has 0 N–H and O–H groups in total. The van der Waals surface area contributed by atoms with Crippen molar-refractivity contribution in [3.8, 4) is 11.5 Å². The third-order valence-electron chi connectivity index (χ3n) is 2.11. The van der Waals surface area contributed by atoms with Crippen LogP contribution in [0.5, 0.6) is 11.5 Å². The SMILES string of the molecule is C[C@@H]1Oc2cc([N+](=O)[O-])ccc2O[C@H](C)O1. The summed E-state index contributed by atoms with van der Waals surface area (Å²) in [6.07, 6.45) is -0.948. The first-order chi connectivity index (χ1) is 7.56. The lowest BCUT2D eigenvalue weighted by Crippen LogP contribution is -2.22. The van der Waals surface area contributed by atoms with Gasteiger partial charge in [0, 0.05) is 6.07 Å². The standard InChI is InChI=1S/C10H11NO5/c1-6-14-7(2)16-10-5-8(11(12)13)3-4-9(10)15-6/h3-7H,1-2H3/t6-,7+/m1/s1. The van der Waals surface area contributed by atoms with E-state index in [-0.39, 0.29) is 5.69 Å². The zero-order valence-electron chi connectivity index (χ0n) is 8.88. The summed E-state index contributed by atoms with van der Waals surface area (Å²) in [7, 11) is 0. The average molecular weight is 225 g/mol. The van der Waals surface area contributed by atoms with Gasteiger partial charge in [-0.1, -0.05) is 0 Å². The summed E-state index contributed by atoms with van der Waals surface area (Å²) >= 11 is 0. The van der Waals surface area contributed by atoms with Crippen molar-refractivity contribution in [1.29, 1.82) is 0 Å². The third kappa shape index (κ3) is 2.06. The number of nitro benzene ring substituents is 1. The van der Waals surface area contributed by atoms with Gasteiger partial charge in [-0.05, 0) is 19.9 Å².